The maximum atomic E-state index is 11.8. The maximum absolute atomic E-state index is 11.8. The number of thioether (sulfide) groups is 1. The molecule has 0 aliphatic carbocycles. The van der Waals surface area contributed by atoms with Crippen LogP contribution in [0.25, 0.3) is 0 Å². The van der Waals surface area contributed by atoms with Crippen molar-refractivity contribution in [2.45, 2.75) is 29.8 Å². The van der Waals surface area contributed by atoms with E-state index in [4.69, 9.17) is 9.84 Å². The molecular formula is C11H16N2O5S. The number of aromatic nitrogens is 2. The zero-order valence-corrected chi connectivity index (χ0v) is 11.2. The van der Waals surface area contributed by atoms with Gasteiger partial charge in [-0.05, 0) is 0 Å². The third-order valence-corrected chi connectivity index (χ3v) is 4.58. The van der Waals surface area contributed by atoms with Gasteiger partial charge < -0.3 is 14.9 Å². The van der Waals surface area contributed by atoms with E-state index in [1.54, 1.807) is 0 Å². The number of aliphatic hydroxyl groups excluding tert-OH is 2. The SMILES string of the molecule is COCc1cn([C@H]2C[C@H](O)[C@@H](CO)S2)c(=O)[nH]c1=O. The monoisotopic (exact) mass is 288 g/mol. The molecule has 1 aliphatic heterocycles. The summed E-state index contributed by atoms with van der Waals surface area (Å²) in [7, 11) is 1.46. The van der Waals surface area contributed by atoms with Crippen LogP contribution in [0.5, 0.6) is 0 Å². The van der Waals surface area contributed by atoms with Crippen LogP contribution in [0.4, 0.5) is 0 Å². The van der Waals surface area contributed by atoms with Crippen LogP contribution in [0, 0.1) is 0 Å². The predicted molar refractivity (Wildman–Crippen MR) is 70.2 cm³/mol. The third-order valence-electron chi connectivity index (χ3n) is 3.04. The van der Waals surface area contributed by atoms with Crippen LogP contribution >= 0.6 is 11.8 Å². The van der Waals surface area contributed by atoms with Crippen molar-refractivity contribution < 1.29 is 14.9 Å². The molecular weight excluding hydrogens is 272 g/mol. The number of nitrogens with zero attached hydrogens (tertiary/aromatic N) is 1. The highest BCUT2D eigenvalue weighted by atomic mass is 32.2. The Bertz CT molecular complexity index is 555. The lowest BCUT2D eigenvalue weighted by molar-refractivity contribution is 0.137. The number of hydrogen-bond acceptors (Lipinski definition) is 6. The summed E-state index contributed by atoms with van der Waals surface area (Å²) in [6.45, 7) is -0.0374. The van der Waals surface area contributed by atoms with Crippen LogP contribution in [-0.2, 0) is 11.3 Å². The summed E-state index contributed by atoms with van der Waals surface area (Å²) >= 11 is 1.32. The van der Waals surface area contributed by atoms with E-state index in [1.807, 2.05) is 0 Å². The number of nitrogens with one attached hydrogen (secondary N) is 1. The van der Waals surface area contributed by atoms with Crippen molar-refractivity contribution in [1.29, 1.82) is 0 Å². The van der Waals surface area contributed by atoms with Crippen LogP contribution < -0.4 is 11.2 Å². The summed E-state index contributed by atoms with van der Waals surface area (Å²) in [5.74, 6) is 0. The molecule has 3 N–H and O–H groups in total. The Morgan fingerprint density at radius 2 is 2.32 bits per heavy atom. The minimum absolute atomic E-state index is 0.110. The molecule has 7 nitrogen and oxygen atoms in total. The van der Waals surface area contributed by atoms with Crippen molar-refractivity contribution in [2.75, 3.05) is 13.7 Å². The van der Waals surface area contributed by atoms with E-state index in [2.05, 4.69) is 4.98 Å². The molecule has 0 amide bonds. The molecule has 1 fully saturated rings. The summed E-state index contributed by atoms with van der Waals surface area (Å²) in [6.07, 6.45) is 1.15. The van der Waals surface area contributed by atoms with Crippen molar-refractivity contribution in [3.05, 3.63) is 32.6 Å². The fourth-order valence-corrected chi connectivity index (χ4v) is 3.43. The first kappa shape index (κ1) is 14.3. The molecule has 2 rings (SSSR count). The van der Waals surface area contributed by atoms with E-state index in [1.165, 1.54) is 29.6 Å². The molecule has 1 aromatic heterocycles. The van der Waals surface area contributed by atoms with Gasteiger partial charge in [0.2, 0.25) is 0 Å². The molecule has 0 radical (unpaired) electrons. The Hall–Kier alpha value is -1.09. The third kappa shape index (κ3) is 2.92. The Morgan fingerprint density at radius 1 is 1.58 bits per heavy atom. The summed E-state index contributed by atoms with van der Waals surface area (Å²) in [4.78, 5) is 25.6. The standard InChI is InChI=1S/C11H16N2O5S/c1-18-5-6-3-13(11(17)12-10(6)16)9-2-7(15)8(4-14)19-9/h3,7-9,14-15H,2,4-5H2,1H3,(H,12,16,17)/t7-,8+,9+/m0/s1. The summed E-state index contributed by atoms with van der Waals surface area (Å²) in [5.41, 5.74) is -0.636. The van der Waals surface area contributed by atoms with E-state index >= 15 is 0 Å². The van der Waals surface area contributed by atoms with Gasteiger partial charge in [0.1, 0.15) is 0 Å². The largest absolute Gasteiger partial charge is 0.395 e. The van der Waals surface area contributed by atoms with Crippen LogP contribution in [0.15, 0.2) is 15.8 Å². The second-order valence-electron chi connectivity index (χ2n) is 4.37. The van der Waals surface area contributed by atoms with Gasteiger partial charge in [0.15, 0.2) is 0 Å². The van der Waals surface area contributed by atoms with E-state index in [0.717, 1.165) is 0 Å². The normalized spacial score (nSPS) is 26.8. The zero-order chi connectivity index (χ0) is 14.0. The Labute approximate surface area is 113 Å². The number of H-pyrrole nitrogens is 1. The van der Waals surface area contributed by atoms with Crippen molar-refractivity contribution in [1.82, 2.24) is 9.55 Å². The van der Waals surface area contributed by atoms with Gasteiger partial charge in [0, 0.05) is 19.7 Å². The van der Waals surface area contributed by atoms with Gasteiger partial charge in [-0.3, -0.25) is 14.3 Å². The lowest BCUT2D eigenvalue weighted by atomic mass is 10.2. The molecule has 8 heteroatoms. The van der Waals surface area contributed by atoms with E-state index in [0.29, 0.717) is 12.0 Å². The molecule has 1 saturated heterocycles. The van der Waals surface area contributed by atoms with Gasteiger partial charge >= 0.3 is 5.69 Å². The summed E-state index contributed by atoms with van der Waals surface area (Å²) in [6, 6.07) is 0. The van der Waals surface area contributed by atoms with E-state index in [-0.39, 0.29) is 23.8 Å². The second kappa shape index (κ2) is 5.91. The summed E-state index contributed by atoms with van der Waals surface area (Å²) < 4.78 is 6.27. The van der Waals surface area contributed by atoms with Crippen molar-refractivity contribution in [2.24, 2.45) is 0 Å². The van der Waals surface area contributed by atoms with Crippen LogP contribution in [-0.4, -0.2) is 44.8 Å². The first-order chi connectivity index (χ1) is 9.06. The number of aliphatic hydroxyl groups is 2. The smallest absolute Gasteiger partial charge is 0.329 e. The quantitative estimate of drug-likeness (QED) is 0.659. The van der Waals surface area contributed by atoms with E-state index in [9.17, 15) is 14.7 Å². The van der Waals surface area contributed by atoms with Crippen LogP contribution in [0.3, 0.4) is 0 Å². The molecule has 0 spiro atoms. The number of ether oxygens (including phenoxy) is 1. The minimum Gasteiger partial charge on any atom is -0.395 e. The van der Waals surface area contributed by atoms with Gasteiger partial charge in [0.25, 0.3) is 5.56 Å². The highest BCUT2D eigenvalue weighted by Crippen LogP contribution is 2.40. The molecule has 1 aromatic rings. The Balaban J connectivity index is 2.33. The molecule has 19 heavy (non-hydrogen) atoms. The average molecular weight is 288 g/mol. The fourth-order valence-electron chi connectivity index (χ4n) is 2.05. The topological polar surface area (TPSA) is 105 Å². The van der Waals surface area contributed by atoms with Gasteiger partial charge in [-0.15, -0.1) is 11.8 Å². The number of aromatic amines is 1. The molecule has 1 aliphatic rings. The van der Waals surface area contributed by atoms with Crippen molar-refractivity contribution in [3.8, 4) is 0 Å². The van der Waals surface area contributed by atoms with Gasteiger partial charge in [-0.2, -0.15) is 0 Å². The summed E-state index contributed by atoms with van der Waals surface area (Å²) in [5, 5.41) is 18.2. The van der Waals surface area contributed by atoms with Crippen LogP contribution in [0.1, 0.15) is 17.4 Å². The number of methoxy groups -OCH3 is 1. The van der Waals surface area contributed by atoms with E-state index < -0.39 is 17.4 Å². The lowest BCUT2D eigenvalue weighted by Crippen LogP contribution is -2.33. The van der Waals surface area contributed by atoms with Gasteiger partial charge in [-0.1, -0.05) is 0 Å². The predicted octanol–water partition coefficient (Wildman–Crippen LogP) is -0.960. The molecule has 0 aromatic carbocycles. The fraction of sp³-hybridized carbons (Fsp3) is 0.636. The molecule has 2 heterocycles. The maximum Gasteiger partial charge on any atom is 0.329 e. The average Bonchev–Trinajstić information content (AvgIpc) is 2.74. The number of rotatable bonds is 4. The molecule has 106 valence electrons. The first-order valence-corrected chi connectivity index (χ1v) is 6.78. The van der Waals surface area contributed by atoms with Gasteiger partial charge in [0.05, 0.1) is 35.5 Å². The molecule has 3 atom stereocenters. The highest BCUT2D eigenvalue weighted by molar-refractivity contribution is 8.00. The molecule has 0 unspecified atom stereocenters. The van der Waals surface area contributed by atoms with Crippen molar-refractivity contribution in [3.63, 3.8) is 0 Å². The second-order valence-corrected chi connectivity index (χ2v) is 5.79. The Kier molecular flexibility index (Phi) is 4.46. The zero-order valence-electron chi connectivity index (χ0n) is 10.4. The molecule has 0 saturated carbocycles. The highest BCUT2D eigenvalue weighted by Gasteiger charge is 2.34. The van der Waals surface area contributed by atoms with Gasteiger partial charge in [-0.25, -0.2) is 4.79 Å². The lowest BCUT2D eigenvalue weighted by Gasteiger charge is -2.13. The minimum atomic E-state index is -0.662. The Morgan fingerprint density at radius 3 is 2.89 bits per heavy atom. The first-order valence-electron chi connectivity index (χ1n) is 5.84. The van der Waals surface area contributed by atoms with Crippen LogP contribution in [0.2, 0.25) is 0 Å². The molecule has 0 bridgehead atoms. The van der Waals surface area contributed by atoms with Crippen molar-refractivity contribution >= 4 is 11.8 Å². The number of hydrogen-bond donors (Lipinski definition) is 3.